The molecule has 0 aliphatic carbocycles. The summed E-state index contributed by atoms with van der Waals surface area (Å²) in [5, 5.41) is 9.02. The molecule has 0 spiro atoms. The van der Waals surface area contributed by atoms with Crippen molar-refractivity contribution in [1.29, 1.82) is 0 Å². The molecular weight excluding hydrogens is 240 g/mol. The molecule has 19 heavy (non-hydrogen) atoms. The largest absolute Gasteiger partial charge is 0.478 e. The Balaban J connectivity index is 2.08. The molecule has 0 radical (unpaired) electrons. The maximum Gasteiger partial charge on any atom is 0.335 e. The summed E-state index contributed by atoms with van der Waals surface area (Å²) in [5.41, 5.74) is 5.07. The van der Waals surface area contributed by atoms with Gasteiger partial charge in [0.1, 0.15) is 0 Å². The van der Waals surface area contributed by atoms with Gasteiger partial charge in [-0.15, -0.1) is 0 Å². The number of carbonyl (C=O) groups is 1. The highest BCUT2D eigenvalue weighted by molar-refractivity contribution is 6.02. The molecule has 1 aromatic carbocycles. The highest BCUT2D eigenvalue weighted by Gasteiger charge is 2.14. The number of hydrogen-bond acceptors (Lipinski definition) is 3. The van der Waals surface area contributed by atoms with E-state index in [-0.39, 0.29) is 5.56 Å². The number of nitrogens with zero attached hydrogens (tertiary/aromatic N) is 2. The maximum absolute atomic E-state index is 11.0. The van der Waals surface area contributed by atoms with Crippen molar-refractivity contribution in [2.75, 3.05) is 0 Å². The first-order valence-corrected chi connectivity index (χ1v) is 5.99. The van der Waals surface area contributed by atoms with Gasteiger partial charge in [0.25, 0.3) is 0 Å². The standard InChI is InChI=1S/C15H12N2O2/c1-9-13-6-12(7-17-14(13)8-16-9)10-3-2-4-11(5-10)15(18)19/h2-7H,8H2,1H3,(H,18,19). The monoisotopic (exact) mass is 252 g/mol. The van der Waals surface area contributed by atoms with Crippen LogP contribution in [0.15, 0.2) is 41.5 Å². The van der Waals surface area contributed by atoms with Gasteiger partial charge in [-0.2, -0.15) is 0 Å². The third-order valence-electron chi connectivity index (χ3n) is 3.27. The highest BCUT2D eigenvalue weighted by Crippen LogP contribution is 2.25. The summed E-state index contributed by atoms with van der Waals surface area (Å²) in [4.78, 5) is 19.7. The highest BCUT2D eigenvalue weighted by atomic mass is 16.4. The van der Waals surface area contributed by atoms with E-state index in [9.17, 15) is 4.79 Å². The second kappa shape index (κ2) is 4.31. The lowest BCUT2D eigenvalue weighted by atomic mass is 10.0. The average Bonchev–Trinajstić information content (AvgIpc) is 2.80. The van der Waals surface area contributed by atoms with E-state index in [0.717, 1.165) is 28.1 Å². The predicted molar refractivity (Wildman–Crippen MR) is 72.5 cm³/mol. The van der Waals surface area contributed by atoms with Gasteiger partial charge in [0.2, 0.25) is 0 Å². The van der Waals surface area contributed by atoms with E-state index in [0.29, 0.717) is 6.54 Å². The molecule has 0 saturated heterocycles. The first-order valence-electron chi connectivity index (χ1n) is 5.99. The summed E-state index contributed by atoms with van der Waals surface area (Å²) in [7, 11) is 0. The fourth-order valence-corrected chi connectivity index (χ4v) is 2.20. The molecule has 0 bridgehead atoms. The first-order chi connectivity index (χ1) is 9.15. The van der Waals surface area contributed by atoms with Gasteiger partial charge in [0, 0.05) is 23.0 Å². The van der Waals surface area contributed by atoms with Gasteiger partial charge in [-0.05, 0) is 30.7 Å². The van der Waals surface area contributed by atoms with Crippen LogP contribution in [0, 0.1) is 0 Å². The number of carboxylic acids is 1. The van der Waals surface area contributed by atoms with Crippen LogP contribution in [-0.2, 0) is 6.54 Å². The minimum atomic E-state index is -0.922. The lowest BCUT2D eigenvalue weighted by Gasteiger charge is -2.05. The van der Waals surface area contributed by atoms with Crippen LogP contribution in [0.5, 0.6) is 0 Å². The molecule has 1 aromatic heterocycles. The van der Waals surface area contributed by atoms with Crippen molar-refractivity contribution in [2.24, 2.45) is 4.99 Å². The van der Waals surface area contributed by atoms with Gasteiger partial charge in [0.05, 0.1) is 17.8 Å². The van der Waals surface area contributed by atoms with Gasteiger partial charge in [-0.3, -0.25) is 9.98 Å². The van der Waals surface area contributed by atoms with Crippen molar-refractivity contribution < 1.29 is 9.90 Å². The number of aromatic nitrogens is 1. The molecule has 0 atom stereocenters. The van der Waals surface area contributed by atoms with Crippen molar-refractivity contribution in [3.05, 3.63) is 53.3 Å². The molecule has 0 amide bonds. The van der Waals surface area contributed by atoms with E-state index >= 15 is 0 Å². The van der Waals surface area contributed by atoms with E-state index in [1.54, 1.807) is 24.4 Å². The van der Waals surface area contributed by atoms with Crippen molar-refractivity contribution in [3.63, 3.8) is 0 Å². The summed E-state index contributed by atoms with van der Waals surface area (Å²) in [6.07, 6.45) is 1.77. The molecule has 0 fully saturated rings. The van der Waals surface area contributed by atoms with Crippen LogP contribution >= 0.6 is 0 Å². The van der Waals surface area contributed by atoms with Gasteiger partial charge in [-0.25, -0.2) is 4.79 Å². The third kappa shape index (κ3) is 2.01. The molecule has 4 nitrogen and oxygen atoms in total. The van der Waals surface area contributed by atoms with Crippen LogP contribution in [0.2, 0.25) is 0 Å². The molecule has 0 unspecified atom stereocenters. The Kier molecular flexibility index (Phi) is 2.63. The van der Waals surface area contributed by atoms with E-state index in [4.69, 9.17) is 5.11 Å². The van der Waals surface area contributed by atoms with Crippen LogP contribution < -0.4 is 0 Å². The quantitative estimate of drug-likeness (QED) is 0.893. The van der Waals surface area contributed by atoms with E-state index in [2.05, 4.69) is 9.98 Å². The Hall–Kier alpha value is -2.49. The molecular formula is C15H12N2O2. The number of rotatable bonds is 2. The zero-order valence-electron chi connectivity index (χ0n) is 10.4. The molecule has 1 aliphatic heterocycles. The molecule has 94 valence electrons. The smallest absolute Gasteiger partial charge is 0.335 e. The number of carboxylic acid groups (broad SMARTS) is 1. The van der Waals surface area contributed by atoms with Crippen LogP contribution in [0.25, 0.3) is 11.1 Å². The molecule has 3 rings (SSSR count). The lowest BCUT2D eigenvalue weighted by molar-refractivity contribution is 0.0697. The number of aliphatic imine (C=N–C) groups is 1. The first kappa shape index (κ1) is 11.6. The number of fused-ring (bicyclic) bond motifs is 1. The molecule has 1 aliphatic rings. The zero-order valence-corrected chi connectivity index (χ0v) is 10.4. The average molecular weight is 252 g/mol. The topological polar surface area (TPSA) is 62.5 Å². The van der Waals surface area contributed by atoms with E-state index in [1.807, 2.05) is 19.1 Å². The molecule has 0 saturated carbocycles. The molecule has 2 aromatic rings. The SMILES string of the molecule is CC1=NCc2ncc(-c3cccc(C(=O)O)c3)cc21. The number of hydrogen-bond donors (Lipinski definition) is 1. The van der Waals surface area contributed by atoms with Gasteiger partial charge in [0.15, 0.2) is 0 Å². The minimum Gasteiger partial charge on any atom is -0.478 e. The number of benzene rings is 1. The fourth-order valence-electron chi connectivity index (χ4n) is 2.20. The predicted octanol–water partition coefficient (Wildman–Crippen LogP) is 2.77. The van der Waals surface area contributed by atoms with Gasteiger partial charge in [-0.1, -0.05) is 12.1 Å². The van der Waals surface area contributed by atoms with Gasteiger partial charge >= 0.3 is 5.97 Å². The summed E-state index contributed by atoms with van der Waals surface area (Å²) >= 11 is 0. The molecule has 2 heterocycles. The summed E-state index contributed by atoms with van der Waals surface area (Å²) in [6.45, 7) is 2.60. The normalized spacial score (nSPS) is 13.0. The fraction of sp³-hybridized carbons (Fsp3) is 0.133. The Morgan fingerprint density at radius 3 is 2.89 bits per heavy atom. The Labute approximate surface area is 110 Å². The third-order valence-corrected chi connectivity index (χ3v) is 3.27. The number of aromatic carboxylic acids is 1. The van der Waals surface area contributed by atoms with Crippen LogP contribution in [-0.4, -0.2) is 21.8 Å². The summed E-state index contributed by atoms with van der Waals surface area (Å²) < 4.78 is 0. The lowest BCUT2D eigenvalue weighted by Crippen LogP contribution is -1.98. The van der Waals surface area contributed by atoms with E-state index < -0.39 is 5.97 Å². The second-order valence-corrected chi connectivity index (χ2v) is 4.51. The summed E-state index contributed by atoms with van der Waals surface area (Å²) in [6, 6.07) is 8.89. The van der Waals surface area contributed by atoms with E-state index in [1.165, 1.54) is 0 Å². The summed E-state index contributed by atoms with van der Waals surface area (Å²) in [5.74, 6) is -0.922. The molecule has 4 heteroatoms. The Morgan fingerprint density at radius 2 is 2.11 bits per heavy atom. The second-order valence-electron chi connectivity index (χ2n) is 4.51. The van der Waals surface area contributed by atoms with Crippen molar-refractivity contribution in [3.8, 4) is 11.1 Å². The minimum absolute atomic E-state index is 0.281. The van der Waals surface area contributed by atoms with Gasteiger partial charge < -0.3 is 5.11 Å². The molecule has 1 N–H and O–H groups in total. The van der Waals surface area contributed by atoms with Crippen molar-refractivity contribution >= 4 is 11.7 Å². The Bertz CT molecular complexity index is 705. The van der Waals surface area contributed by atoms with Crippen molar-refractivity contribution in [1.82, 2.24) is 4.98 Å². The van der Waals surface area contributed by atoms with Crippen LogP contribution in [0.1, 0.15) is 28.5 Å². The van der Waals surface area contributed by atoms with Crippen molar-refractivity contribution in [2.45, 2.75) is 13.5 Å². The zero-order chi connectivity index (χ0) is 13.4. The maximum atomic E-state index is 11.0. The van der Waals surface area contributed by atoms with Crippen LogP contribution in [0.3, 0.4) is 0 Å². The van der Waals surface area contributed by atoms with Crippen LogP contribution in [0.4, 0.5) is 0 Å². The number of pyridine rings is 1. The Morgan fingerprint density at radius 1 is 1.26 bits per heavy atom.